The average molecular weight is 402 g/mol. The highest BCUT2D eigenvalue weighted by molar-refractivity contribution is 5.84. The van der Waals surface area contributed by atoms with Crippen molar-refractivity contribution in [1.29, 1.82) is 0 Å². The lowest BCUT2D eigenvalue weighted by atomic mass is 9.49. The summed E-state index contributed by atoms with van der Waals surface area (Å²) in [5.74, 6) is 4.57. The molecule has 5 aliphatic rings. The Morgan fingerprint density at radius 3 is 2.59 bits per heavy atom. The van der Waals surface area contributed by atoms with Gasteiger partial charge < -0.3 is 5.11 Å². The van der Waals surface area contributed by atoms with Crippen molar-refractivity contribution in [3.05, 3.63) is 12.4 Å². The highest BCUT2D eigenvalue weighted by Gasteiger charge is 2.58. The third-order valence-corrected chi connectivity index (χ3v) is 9.71. The van der Waals surface area contributed by atoms with E-state index in [1.165, 1.54) is 38.5 Å². The number of nitrogens with zero attached hydrogens (tertiary/aromatic N) is 2. The molecule has 0 amide bonds. The van der Waals surface area contributed by atoms with E-state index in [9.17, 15) is 9.90 Å². The van der Waals surface area contributed by atoms with E-state index in [1.807, 2.05) is 36.4 Å². The predicted octanol–water partition coefficient (Wildman–Crippen LogP) is 3.71. The molecule has 8 atom stereocenters. The second-order valence-corrected chi connectivity index (χ2v) is 11.5. The first-order valence-corrected chi connectivity index (χ1v) is 12.0. The largest absolute Gasteiger partial charge is 0.390 e. The van der Waals surface area contributed by atoms with Crippen LogP contribution in [0.15, 0.2) is 12.4 Å². The summed E-state index contributed by atoms with van der Waals surface area (Å²) in [6.45, 7) is 4.96. The number of ketones is 1. The van der Waals surface area contributed by atoms with Gasteiger partial charge in [-0.2, -0.15) is 0 Å². The van der Waals surface area contributed by atoms with Crippen LogP contribution in [0.25, 0.3) is 0 Å². The Morgan fingerprint density at radius 1 is 1.03 bits per heavy atom. The molecule has 29 heavy (non-hydrogen) atoms. The van der Waals surface area contributed by atoms with E-state index in [0.29, 0.717) is 12.3 Å². The number of fused-ring (bicyclic) bond motifs is 5. The summed E-state index contributed by atoms with van der Waals surface area (Å²) in [5, 5.41) is 14.4. The second-order valence-electron chi connectivity index (χ2n) is 11.5. The van der Waals surface area contributed by atoms with Gasteiger partial charge in [-0.05, 0) is 99.7 Å². The van der Waals surface area contributed by atoms with E-state index in [1.54, 1.807) is 0 Å². The highest BCUT2D eigenvalue weighted by Crippen LogP contribution is 2.64. The van der Waals surface area contributed by atoms with Gasteiger partial charge in [-0.15, -0.1) is 5.53 Å². The predicted molar refractivity (Wildman–Crippen MR) is 113 cm³/mol. The molecule has 0 bridgehead atoms. The number of carbonyl (C=O) groups is 1. The zero-order valence-electron chi connectivity index (χ0n) is 18.4. The maximum absolute atomic E-state index is 13.3. The van der Waals surface area contributed by atoms with Crippen LogP contribution in [0.3, 0.4) is 0 Å². The Balaban J connectivity index is 1.28. The molecule has 0 saturated heterocycles. The van der Waals surface area contributed by atoms with E-state index in [-0.39, 0.29) is 11.3 Å². The first kappa shape index (κ1) is 19.9. The van der Waals surface area contributed by atoms with E-state index in [0.717, 1.165) is 48.9 Å². The zero-order valence-corrected chi connectivity index (χ0v) is 18.4. The molecule has 0 radical (unpaired) electrons. The van der Waals surface area contributed by atoms with Crippen molar-refractivity contribution >= 4 is 5.78 Å². The van der Waals surface area contributed by atoms with Crippen molar-refractivity contribution in [3.8, 4) is 0 Å². The first-order chi connectivity index (χ1) is 13.8. The number of hydrazine groups is 2. The molecule has 0 aromatic carbocycles. The fraction of sp³-hybridized carbons (Fsp3) is 0.875. The van der Waals surface area contributed by atoms with Gasteiger partial charge in [-0.25, -0.2) is 0 Å². The van der Waals surface area contributed by atoms with Crippen molar-refractivity contribution in [1.82, 2.24) is 15.6 Å². The number of hydrogen-bond donors (Lipinski definition) is 2. The molecule has 0 unspecified atom stereocenters. The molecule has 5 heteroatoms. The lowest BCUT2D eigenvalue weighted by Gasteiger charge is -2.56. The van der Waals surface area contributed by atoms with E-state index in [4.69, 9.17) is 0 Å². The maximum atomic E-state index is 13.3. The SMILES string of the molecule is CN1C=CN(CC(=O)[C@H]2CC[C@H]3[C@@H]4CC[C@@H]5C[C@](C)(O)CC[C@@H]5[C@H]4CC[C@]23C)N1. The van der Waals surface area contributed by atoms with Crippen LogP contribution in [0.1, 0.15) is 71.6 Å². The Kier molecular flexibility index (Phi) is 4.78. The van der Waals surface area contributed by atoms with Gasteiger partial charge in [0.15, 0.2) is 5.78 Å². The third-order valence-electron chi connectivity index (χ3n) is 9.71. The fourth-order valence-corrected chi connectivity index (χ4v) is 8.43. The number of Topliss-reactive ketones (excluding diaryl/α,β-unsaturated/α-hetero) is 1. The smallest absolute Gasteiger partial charge is 0.157 e. The number of carbonyl (C=O) groups excluding carboxylic acids is 1. The van der Waals surface area contributed by atoms with Crippen molar-refractivity contribution in [3.63, 3.8) is 0 Å². The Morgan fingerprint density at radius 2 is 1.83 bits per heavy atom. The Bertz CT molecular complexity index is 692. The lowest BCUT2D eigenvalue weighted by molar-refractivity contribution is -0.133. The van der Waals surface area contributed by atoms with Crippen LogP contribution in [-0.4, -0.2) is 40.1 Å². The van der Waals surface area contributed by atoms with Crippen molar-refractivity contribution < 1.29 is 9.90 Å². The van der Waals surface area contributed by atoms with Gasteiger partial charge in [-0.1, -0.05) is 6.92 Å². The number of nitrogens with one attached hydrogen (secondary N) is 1. The average Bonchev–Trinajstić information content (AvgIpc) is 3.22. The number of aliphatic hydroxyl groups is 1. The van der Waals surface area contributed by atoms with Crippen LogP contribution in [0.5, 0.6) is 0 Å². The summed E-state index contributed by atoms with van der Waals surface area (Å²) in [4.78, 5) is 13.3. The summed E-state index contributed by atoms with van der Waals surface area (Å²) < 4.78 is 0. The van der Waals surface area contributed by atoms with E-state index in [2.05, 4.69) is 12.5 Å². The summed E-state index contributed by atoms with van der Waals surface area (Å²) in [6.07, 6.45) is 14.6. The second kappa shape index (κ2) is 6.98. The molecule has 1 aliphatic heterocycles. The fourth-order valence-electron chi connectivity index (χ4n) is 8.43. The van der Waals surface area contributed by atoms with Crippen molar-refractivity contribution in [2.75, 3.05) is 13.6 Å². The number of hydrogen-bond acceptors (Lipinski definition) is 5. The maximum Gasteiger partial charge on any atom is 0.157 e. The molecule has 4 aliphatic carbocycles. The molecule has 2 N–H and O–H groups in total. The molecule has 162 valence electrons. The summed E-state index contributed by atoms with van der Waals surface area (Å²) in [7, 11) is 1.95. The molecule has 0 aromatic rings. The molecule has 4 saturated carbocycles. The minimum atomic E-state index is -0.436. The van der Waals surface area contributed by atoms with Crippen molar-refractivity contribution in [2.45, 2.75) is 77.2 Å². The van der Waals surface area contributed by atoms with E-state index < -0.39 is 5.60 Å². The van der Waals surface area contributed by atoms with Crippen LogP contribution < -0.4 is 5.53 Å². The molecule has 4 fully saturated rings. The van der Waals surface area contributed by atoms with Gasteiger partial charge in [0.05, 0.1) is 12.1 Å². The van der Waals surface area contributed by atoms with Gasteiger partial charge in [0.1, 0.15) is 0 Å². The Hall–Kier alpha value is -1.07. The van der Waals surface area contributed by atoms with Gasteiger partial charge >= 0.3 is 0 Å². The Labute approximate surface area is 175 Å². The molecule has 1 heterocycles. The monoisotopic (exact) mass is 401 g/mol. The quantitative estimate of drug-likeness (QED) is 0.755. The summed E-state index contributed by atoms with van der Waals surface area (Å²) >= 11 is 0. The third kappa shape index (κ3) is 3.33. The molecule has 5 rings (SSSR count). The van der Waals surface area contributed by atoms with Gasteiger partial charge in [-0.3, -0.25) is 14.8 Å². The highest BCUT2D eigenvalue weighted by atomic mass is 16.3. The zero-order chi connectivity index (χ0) is 20.4. The van der Waals surface area contributed by atoms with Gasteiger partial charge in [0.25, 0.3) is 0 Å². The molecular weight excluding hydrogens is 362 g/mol. The van der Waals surface area contributed by atoms with Gasteiger partial charge in [0.2, 0.25) is 0 Å². The van der Waals surface area contributed by atoms with Crippen LogP contribution in [0.2, 0.25) is 0 Å². The summed E-state index contributed by atoms with van der Waals surface area (Å²) in [6, 6.07) is 0. The topological polar surface area (TPSA) is 55.8 Å². The van der Waals surface area contributed by atoms with Gasteiger partial charge in [0, 0.05) is 25.4 Å². The van der Waals surface area contributed by atoms with Crippen LogP contribution in [0.4, 0.5) is 0 Å². The standard InChI is InChI=1S/C24H39N3O2/c1-23(29)10-8-17-16(14-23)4-5-19-18(17)9-11-24(2)20(19)6-7-21(24)22(28)15-27-13-12-26(3)25-27/h12-13,16-21,25,29H,4-11,14-15H2,1-3H3/t16-,17+,18-,19-,20+,21-,23-,24+/m1/s1. The lowest BCUT2D eigenvalue weighted by Crippen LogP contribution is -2.51. The normalized spacial score (nSPS) is 49.0. The molecule has 5 nitrogen and oxygen atoms in total. The number of rotatable bonds is 3. The molecule has 0 spiro atoms. The van der Waals surface area contributed by atoms with Crippen molar-refractivity contribution in [2.24, 2.45) is 40.9 Å². The minimum absolute atomic E-state index is 0.195. The summed E-state index contributed by atoms with van der Waals surface area (Å²) in [5.41, 5.74) is 2.95. The molecule has 0 aromatic heterocycles. The van der Waals surface area contributed by atoms with Crippen LogP contribution in [-0.2, 0) is 4.79 Å². The first-order valence-electron chi connectivity index (χ1n) is 12.0. The minimum Gasteiger partial charge on any atom is -0.390 e. The molecular formula is C24H39N3O2. The van der Waals surface area contributed by atoms with E-state index >= 15 is 0 Å². The van der Waals surface area contributed by atoms with Crippen LogP contribution >= 0.6 is 0 Å². The van der Waals surface area contributed by atoms with Crippen LogP contribution in [0, 0.1) is 40.9 Å².